The molecule has 0 saturated heterocycles. The molecule has 0 unspecified atom stereocenters. The van der Waals surface area contributed by atoms with E-state index in [1.54, 1.807) is 21.5 Å². The summed E-state index contributed by atoms with van der Waals surface area (Å²) in [6, 6.07) is 0. The molecular formula is C10H26O2PS2Zn. The molecule has 16 heavy (non-hydrogen) atoms. The second kappa shape index (κ2) is 13.0. The van der Waals surface area contributed by atoms with Gasteiger partial charge in [0.2, 0.25) is 5.69 Å². The van der Waals surface area contributed by atoms with Crippen LogP contribution >= 0.6 is 17.9 Å². The van der Waals surface area contributed by atoms with E-state index in [1.165, 1.54) is 19.3 Å². The van der Waals surface area contributed by atoms with Gasteiger partial charge in [-0.3, -0.25) is 0 Å². The van der Waals surface area contributed by atoms with Gasteiger partial charge < -0.3 is 9.79 Å². The van der Waals surface area contributed by atoms with Gasteiger partial charge >= 0.3 is 77.5 Å². The van der Waals surface area contributed by atoms with Crippen LogP contribution in [0.15, 0.2) is 0 Å². The van der Waals surface area contributed by atoms with Crippen LogP contribution in [0.4, 0.5) is 0 Å². The van der Waals surface area contributed by atoms with Crippen LogP contribution in [-0.2, 0) is 27.8 Å². The van der Waals surface area contributed by atoms with Crippen molar-refractivity contribution in [1.82, 2.24) is 0 Å². The fraction of sp³-hybridized carbons (Fsp3) is 1.00. The molecule has 0 atom stereocenters. The summed E-state index contributed by atoms with van der Waals surface area (Å²) in [5.41, 5.74) is -3.11. The molecule has 0 aromatic carbocycles. The van der Waals surface area contributed by atoms with E-state index in [-0.39, 0.29) is 0 Å². The first-order valence-corrected chi connectivity index (χ1v) is 16.6. The number of thiol groups is 1. The van der Waals surface area contributed by atoms with E-state index in [0.29, 0.717) is 0 Å². The van der Waals surface area contributed by atoms with E-state index < -0.39 is 21.6 Å². The molecule has 0 aliphatic heterocycles. The Morgan fingerprint density at radius 2 is 1.50 bits per heavy atom. The maximum absolute atomic E-state index is 7.87. The summed E-state index contributed by atoms with van der Waals surface area (Å²) in [7, 11) is 0. The largest absolute Gasteiger partial charge is 0.338 e. The van der Waals surface area contributed by atoms with E-state index in [0.717, 1.165) is 0 Å². The predicted molar refractivity (Wildman–Crippen MR) is 77.6 cm³/mol. The van der Waals surface area contributed by atoms with Crippen molar-refractivity contribution in [1.29, 1.82) is 0 Å². The first kappa shape index (κ1) is 19.9. The Labute approximate surface area is 116 Å². The molecule has 2 nitrogen and oxygen atoms in total. The van der Waals surface area contributed by atoms with Crippen LogP contribution in [-0.4, -0.2) is 9.79 Å². The summed E-state index contributed by atoms with van der Waals surface area (Å²) in [6.45, 7) is 7.10. The van der Waals surface area contributed by atoms with Crippen LogP contribution < -0.4 is 0 Å². The Morgan fingerprint density at radius 1 is 1.06 bits per heavy atom. The summed E-state index contributed by atoms with van der Waals surface area (Å²) >= 11 is 6.22. The molecule has 2 N–H and O–H groups in total. The van der Waals surface area contributed by atoms with E-state index in [1.807, 2.05) is 0 Å². The van der Waals surface area contributed by atoms with E-state index in [9.17, 15) is 0 Å². The molecule has 0 amide bonds. The summed E-state index contributed by atoms with van der Waals surface area (Å²) in [4.78, 5) is 15.7. The minimum absolute atomic E-state index is 0.855. The molecule has 6 heteroatoms. The zero-order valence-corrected chi connectivity index (χ0v) is 16.4. The summed E-state index contributed by atoms with van der Waals surface area (Å²) in [5.74, 6) is 0. The van der Waals surface area contributed by atoms with E-state index >= 15 is 0 Å². The maximum atomic E-state index is 7.87. The third kappa shape index (κ3) is 24.7. The van der Waals surface area contributed by atoms with E-state index in [4.69, 9.17) is 9.79 Å². The van der Waals surface area contributed by atoms with Gasteiger partial charge in [-0.1, -0.05) is 12.2 Å². The zero-order chi connectivity index (χ0) is 13.0. The average molecular weight is 339 g/mol. The third-order valence-electron chi connectivity index (χ3n) is 3.02. The van der Waals surface area contributed by atoms with E-state index in [2.05, 4.69) is 44.8 Å². The summed E-state index contributed by atoms with van der Waals surface area (Å²) in [5, 5.41) is 4.85. The Morgan fingerprint density at radius 3 is 1.81 bits per heavy atom. The molecule has 0 aliphatic carbocycles. The minimum Gasteiger partial charge on any atom is -0.338 e. The van der Waals surface area contributed by atoms with Crippen molar-refractivity contribution >= 4 is 29.7 Å². The molecule has 97 valence electrons. The Kier molecular flexibility index (Phi) is 16.1. The maximum Gasteiger partial charge on any atom is 0.239 e. The smallest absolute Gasteiger partial charge is 0.239 e. The molecule has 0 bridgehead atoms. The number of rotatable bonds is 7. The van der Waals surface area contributed by atoms with Crippen molar-refractivity contribution in [2.45, 2.75) is 61.5 Å². The molecule has 0 spiro atoms. The fourth-order valence-electron chi connectivity index (χ4n) is 1.81. The second-order valence-electron chi connectivity index (χ2n) is 4.49. The second-order valence-corrected chi connectivity index (χ2v) is 19.7. The number of hydrogen-bond acceptors (Lipinski definition) is 1. The molecule has 0 heterocycles. The average Bonchev–Trinajstić information content (AvgIpc) is 2.16. The zero-order valence-electron chi connectivity index (χ0n) is 10.9. The van der Waals surface area contributed by atoms with Crippen LogP contribution in [0.25, 0.3) is 0 Å². The van der Waals surface area contributed by atoms with Gasteiger partial charge in [-0.15, -0.1) is 0 Å². The molecule has 0 rings (SSSR count). The molecule has 0 saturated carbocycles. The van der Waals surface area contributed by atoms with Gasteiger partial charge in [0.25, 0.3) is 0 Å². The molecule has 0 radical (unpaired) electrons. The predicted octanol–water partition coefficient (Wildman–Crippen LogP) is 4.60. The van der Waals surface area contributed by atoms with Gasteiger partial charge in [-0.2, -0.15) is 0 Å². The first-order valence-electron chi connectivity index (χ1n) is 6.40. The first-order chi connectivity index (χ1) is 7.35. The normalized spacial score (nSPS) is 10.6. The Balaban J connectivity index is 0. The monoisotopic (exact) mass is 337 g/mol. The van der Waals surface area contributed by atoms with Crippen LogP contribution in [0.1, 0.15) is 46.5 Å². The summed E-state index contributed by atoms with van der Waals surface area (Å²) in [6.07, 6.45) is 5.91. The Hall–Kier alpha value is 1.54. The topological polar surface area (TPSA) is 40.5 Å². The van der Waals surface area contributed by atoms with Crippen molar-refractivity contribution in [2.75, 3.05) is 0 Å². The van der Waals surface area contributed by atoms with Crippen LogP contribution in [0, 0.1) is 0 Å². The third-order valence-corrected chi connectivity index (χ3v) is 12.1. The van der Waals surface area contributed by atoms with Crippen LogP contribution in [0.2, 0.25) is 15.0 Å². The SMILES string of the molecule is CCCCC[CH2][Zn]([CH2]C)[CH2]C.OP(O)(=S)S. The molecule has 0 aromatic heterocycles. The van der Waals surface area contributed by atoms with Crippen molar-refractivity contribution in [3.63, 3.8) is 0 Å². The summed E-state index contributed by atoms with van der Waals surface area (Å²) < 4.78 is 0. The minimum atomic E-state index is -3.11. The molecular weight excluding hydrogens is 313 g/mol. The van der Waals surface area contributed by atoms with Gasteiger partial charge in [-0.05, 0) is 11.8 Å². The van der Waals surface area contributed by atoms with Gasteiger partial charge in [0, 0.05) is 0 Å². The van der Waals surface area contributed by atoms with Crippen molar-refractivity contribution in [3.05, 3.63) is 0 Å². The van der Waals surface area contributed by atoms with Gasteiger partial charge in [0.15, 0.2) is 0 Å². The quantitative estimate of drug-likeness (QED) is 0.275. The van der Waals surface area contributed by atoms with Gasteiger partial charge in [0.1, 0.15) is 0 Å². The molecule has 0 aromatic rings. The Bertz CT molecular complexity index is 175. The fourth-order valence-corrected chi connectivity index (χ4v) is 7.62. The van der Waals surface area contributed by atoms with Crippen LogP contribution in [0.5, 0.6) is 0 Å². The number of unbranched alkanes of at least 4 members (excludes halogenated alkanes) is 3. The van der Waals surface area contributed by atoms with Crippen molar-refractivity contribution < 1.29 is 25.7 Å². The van der Waals surface area contributed by atoms with Crippen LogP contribution in [0.3, 0.4) is 0 Å². The van der Waals surface area contributed by atoms with Gasteiger partial charge in [0.05, 0.1) is 0 Å². The molecule has 0 aliphatic rings. The van der Waals surface area contributed by atoms with Gasteiger partial charge in [-0.25, -0.2) is 0 Å². The van der Waals surface area contributed by atoms with Crippen molar-refractivity contribution in [3.8, 4) is 0 Å². The standard InChI is InChI=1S/C6H13.2C2H5.H3O2PS2.Zn/c1-3-5-6-4-2;2*1-2;1-3(2,4)5;/h1,3-6H2,2H3;2*1H2,2H3;(H3,1,2,4,5);. The molecule has 0 fully saturated rings. The number of hydrogen-bond donors (Lipinski definition) is 3. The van der Waals surface area contributed by atoms with Crippen molar-refractivity contribution in [2.24, 2.45) is 0 Å².